The molecular formula is C25H26N2O3. The first-order chi connectivity index (χ1) is 14.5. The van der Waals surface area contributed by atoms with E-state index < -0.39 is 6.04 Å². The summed E-state index contributed by atoms with van der Waals surface area (Å²) in [6.45, 7) is 1.45. The summed E-state index contributed by atoms with van der Waals surface area (Å²) < 4.78 is 5.20. The number of hydrogen-bond donors (Lipinski definition) is 1. The van der Waals surface area contributed by atoms with Gasteiger partial charge in [0.05, 0.1) is 25.3 Å². The van der Waals surface area contributed by atoms with E-state index in [0.717, 1.165) is 28.1 Å². The second-order valence-corrected chi connectivity index (χ2v) is 7.07. The molecule has 0 spiro atoms. The number of amides is 2. The van der Waals surface area contributed by atoms with Crippen molar-refractivity contribution in [3.63, 3.8) is 0 Å². The lowest BCUT2D eigenvalue weighted by atomic mass is 10.0. The molecule has 0 aromatic heterocycles. The Balaban J connectivity index is 1.85. The number of nitrogens with one attached hydrogen (secondary N) is 1. The maximum Gasteiger partial charge on any atom is 0.229 e. The van der Waals surface area contributed by atoms with E-state index in [0.29, 0.717) is 0 Å². The van der Waals surface area contributed by atoms with Gasteiger partial charge < -0.3 is 15.0 Å². The van der Waals surface area contributed by atoms with Crippen LogP contribution in [0.3, 0.4) is 0 Å². The molecule has 5 nitrogen and oxygen atoms in total. The smallest absolute Gasteiger partial charge is 0.229 e. The number of hydrogen-bond acceptors (Lipinski definition) is 3. The molecule has 0 fully saturated rings. The lowest BCUT2D eigenvalue weighted by molar-refractivity contribution is -0.121. The van der Waals surface area contributed by atoms with Gasteiger partial charge in [-0.05, 0) is 29.3 Å². The Kier molecular flexibility index (Phi) is 6.86. The molecule has 0 bridgehead atoms. The maximum absolute atomic E-state index is 13.2. The van der Waals surface area contributed by atoms with Crippen LogP contribution < -0.4 is 15.0 Å². The predicted octanol–water partition coefficient (Wildman–Crippen LogP) is 4.59. The fourth-order valence-electron chi connectivity index (χ4n) is 3.41. The van der Waals surface area contributed by atoms with Gasteiger partial charge in [0, 0.05) is 19.5 Å². The van der Waals surface area contributed by atoms with Gasteiger partial charge in [0.15, 0.2) is 0 Å². The van der Waals surface area contributed by atoms with Gasteiger partial charge in [-0.15, -0.1) is 0 Å². The normalized spacial score (nSPS) is 11.4. The van der Waals surface area contributed by atoms with E-state index in [9.17, 15) is 9.59 Å². The highest BCUT2D eigenvalue weighted by atomic mass is 16.5. The molecule has 0 saturated heterocycles. The van der Waals surface area contributed by atoms with Crippen LogP contribution in [0.5, 0.6) is 5.75 Å². The standard InChI is InChI=1S/C25H26N2O3/c1-18(28)26-23(20-13-15-21(30-3)16-14-20)17-25(29)27(2)24-12-8-7-11-22(24)19-9-5-4-6-10-19/h4-16,23H,17H2,1-3H3,(H,26,28). The summed E-state index contributed by atoms with van der Waals surface area (Å²) in [6, 6.07) is 24.7. The second-order valence-electron chi connectivity index (χ2n) is 7.07. The van der Waals surface area contributed by atoms with Gasteiger partial charge in [-0.1, -0.05) is 60.7 Å². The molecule has 2 amide bonds. The Labute approximate surface area is 177 Å². The summed E-state index contributed by atoms with van der Waals surface area (Å²) >= 11 is 0. The van der Waals surface area contributed by atoms with E-state index in [1.165, 1.54) is 6.92 Å². The highest BCUT2D eigenvalue weighted by Gasteiger charge is 2.22. The van der Waals surface area contributed by atoms with Crippen molar-refractivity contribution in [2.75, 3.05) is 19.1 Å². The van der Waals surface area contributed by atoms with E-state index in [4.69, 9.17) is 4.74 Å². The summed E-state index contributed by atoms with van der Waals surface area (Å²) in [5.74, 6) is 0.449. The molecule has 1 N–H and O–H groups in total. The van der Waals surface area contributed by atoms with Crippen molar-refractivity contribution < 1.29 is 14.3 Å². The third kappa shape index (κ3) is 5.06. The molecule has 30 heavy (non-hydrogen) atoms. The minimum Gasteiger partial charge on any atom is -0.497 e. The molecule has 5 heteroatoms. The first kappa shape index (κ1) is 21.1. The molecule has 0 aliphatic heterocycles. The van der Waals surface area contributed by atoms with Gasteiger partial charge in [-0.3, -0.25) is 9.59 Å². The zero-order valence-corrected chi connectivity index (χ0v) is 17.5. The van der Waals surface area contributed by atoms with Crippen molar-refractivity contribution in [3.05, 3.63) is 84.4 Å². The number of methoxy groups -OCH3 is 1. The minimum atomic E-state index is -0.424. The summed E-state index contributed by atoms with van der Waals surface area (Å²) in [7, 11) is 3.37. The SMILES string of the molecule is COc1ccc(C(CC(=O)N(C)c2ccccc2-c2ccccc2)NC(C)=O)cc1. The van der Waals surface area contributed by atoms with E-state index in [1.807, 2.05) is 78.9 Å². The molecule has 154 valence electrons. The number of benzene rings is 3. The number of carbonyl (C=O) groups is 2. The zero-order chi connectivity index (χ0) is 21.5. The van der Waals surface area contributed by atoms with E-state index in [2.05, 4.69) is 5.32 Å². The number of rotatable bonds is 7. The van der Waals surface area contributed by atoms with Crippen molar-refractivity contribution in [1.29, 1.82) is 0 Å². The van der Waals surface area contributed by atoms with Crippen molar-refractivity contribution in [1.82, 2.24) is 5.32 Å². The topological polar surface area (TPSA) is 58.6 Å². The third-order valence-corrected chi connectivity index (χ3v) is 5.00. The van der Waals surface area contributed by atoms with Crippen LogP contribution in [0.4, 0.5) is 5.69 Å². The summed E-state index contributed by atoms with van der Waals surface area (Å²) in [5.41, 5.74) is 3.70. The number of nitrogens with zero attached hydrogens (tertiary/aromatic N) is 1. The fraction of sp³-hybridized carbons (Fsp3) is 0.200. The second kappa shape index (κ2) is 9.74. The summed E-state index contributed by atoms with van der Waals surface area (Å²) in [5, 5.41) is 2.89. The highest BCUT2D eigenvalue weighted by molar-refractivity contribution is 5.97. The van der Waals surface area contributed by atoms with Crippen LogP contribution in [-0.2, 0) is 9.59 Å². The number of anilines is 1. The van der Waals surface area contributed by atoms with Crippen LogP contribution >= 0.6 is 0 Å². The van der Waals surface area contributed by atoms with Gasteiger partial charge in [-0.2, -0.15) is 0 Å². The molecule has 0 radical (unpaired) electrons. The molecule has 0 aliphatic carbocycles. The number of ether oxygens (including phenoxy) is 1. The molecule has 3 aromatic carbocycles. The van der Waals surface area contributed by atoms with Crippen LogP contribution in [0.25, 0.3) is 11.1 Å². The molecule has 3 aromatic rings. The monoisotopic (exact) mass is 402 g/mol. The number of para-hydroxylation sites is 1. The van der Waals surface area contributed by atoms with Gasteiger partial charge in [0.1, 0.15) is 5.75 Å². The van der Waals surface area contributed by atoms with E-state index >= 15 is 0 Å². The van der Waals surface area contributed by atoms with E-state index in [1.54, 1.807) is 19.1 Å². The van der Waals surface area contributed by atoms with Crippen molar-refractivity contribution >= 4 is 17.5 Å². The Hall–Kier alpha value is -3.60. The largest absolute Gasteiger partial charge is 0.497 e. The molecule has 1 unspecified atom stereocenters. The number of carbonyl (C=O) groups excluding carboxylic acids is 2. The van der Waals surface area contributed by atoms with Crippen LogP contribution in [0.15, 0.2) is 78.9 Å². The Morgan fingerprint density at radius 1 is 0.933 bits per heavy atom. The Morgan fingerprint density at radius 2 is 1.57 bits per heavy atom. The fourth-order valence-corrected chi connectivity index (χ4v) is 3.41. The van der Waals surface area contributed by atoms with Crippen LogP contribution in [0.1, 0.15) is 24.9 Å². The van der Waals surface area contributed by atoms with Gasteiger partial charge >= 0.3 is 0 Å². The molecule has 3 rings (SSSR count). The van der Waals surface area contributed by atoms with Crippen LogP contribution in [0.2, 0.25) is 0 Å². The quantitative estimate of drug-likeness (QED) is 0.629. The maximum atomic E-state index is 13.2. The predicted molar refractivity (Wildman–Crippen MR) is 119 cm³/mol. The lowest BCUT2D eigenvalue weighted by Crippen LogP contribution is -2.34. The van der Waals surface area contributed by atoms with Crippen molar-refractivity contribution in [2.45, 2.75) is 19.4 Å². The highest BCUT2D eigenvalue weighted by Crippen LogP contribution is 2.31. The van der Waals surface area contributed by atoms with Gasteiger partial charge in [-0.25, -0.2) is 0 Å². The van der Waals surface area contributed by atoms with Crippen LogP contribution in [-0.4, -0.2) is 26.0 Å². The average Bonchev–Trinajstić information content (AvgIpc) is 2.78. The Morgan fingerprint density at radius 3 is 2.20 bits per heavy atom. The minimum absolute atomic E-state index is 0.0899. The molecule has 1 atom stereocenters. The van der Waals surface area contributed by atoms with Gasteiger partial charge in [0.25, 0.3) is 0 Å². The zero-order valence-electron chi connectivity index (χ0n) is 17.5. The Bertz CT molecular complexity index is 1000. The van der Waals surface area contributed by atoms with Crippen molar-refractivity contribution in [3.8, 4) is 16.9 Å². The first-order valence-electron chi connectivity index (χ1n) is 9.81. The molecular weight excluding hydrogens is 376 g/mol. The average molecular weight is 402 g/mol. The summed E-state index contributed by atoms with van der Waals surface area (Å²) in [4.78, 5) is 26.6. The van der Waals surface area contributed by atoms with Gasteiger partial charge in [0.2, 0.25) is 11.8 Å². The van der Waals surface area contributed by atoms with Crippen molar-refractivity contribution in [2.24, 2.45) is 0 Å². The molecule has 0 saturated carbocycles. The first-order valence-corrected chi connectivity index (χ1v) is 9.81. The molecule has 0 aliphatic rings. The summed E-state index contributed by atoms with van der Waals surface area (Å²) in [6.07, 6.45) is 0.144. The third-order valence-electron chi connectivity index (χ3n) is 5.00. The lowest BCUT2D eigenvalue weighted by Gasteiger charge is -2.24. The van der Waals surface area contributed by atoms with Crippen LogP contribution in [0, 0.1) is 0 Å². The molecule has 0 heterocycles. The van der Waals surface area contributed by atoms with E-state index in [-0.39, 0.29) is 18.2 Å².